The number of nitrogens with zero attached hydrogens (tertiary/aromatic N) is 1. The first-order valence-electron chi connectivity index (χ1n) is 7.79. The number of rotatable bonds is 5. The summed E-state index contributed by atoms with van der Waals surface area (Å²) in [5.74, 6) is -0.722. The minimum Gasteiger partial charge on any atom is -0.467 e. The van der Waals surface area contributed by atoms with E-state index in [9.17, 15) is 13.6 Å². The topological polar surface area (TPSA) is 45.3 Å². The molecule has 0 spiro atoms. The van der Waals surface area contributed by atoms with Crippen molar-refractivity contribution in [3.63, 3.8) is 0 Å². The summed E-state index contributed by atoms with van der Waals surface area (Å²) in [6.45, 7) is 2.22. The Morgan fingerprint density at radius 1 is 1.52 bits per heavy atom. The third kappa shape index (κ3) is 3.37. The molecule has 1 aliphatic rings. The van der Waals surface area contributed by atoms with E-state index in [0.29, 0.717) is 12.5 Å². The van der Waals surface area contributed by atoms with E-state index in [1.54, 1.807) is 6.07 Å². The van der Waals surface area contributed by atoms with Gasteiger partial charge in [-0.15, -0.1) is 0 Å². The number of carbonyl (C=O) groups is 1. The highest BCUT2D eigenvalue weighted by molar-refractivity contribution is 5.83. The minimum atomic E-state index is -1.56. The second kappa shape index (κ2) is 6.66. The second-order valence-electron chi connectivity index (χ2n) is 6.00. The van der Waals surface area contributed by atoms with E-state index in [0.717, 1.165) is 30.4 Å². The fourth-order valence-corrected chi connectivity index (χ4v) is 3.29. The third-order valence-electron chi connectivity index (χ3n) is 4.54. The number of aromatic nitrogens is 1. The van der Waals surface area contributed by atoms with Gasteiger partial charge in [0.1, 0.15) is 5.82 Å². The Balaban J connectivity index is 1.62. The number of alkyl halides is 1. The Kier molecular flexibility index (Phi) is 4.61. The predicted molar refractivity (Wildman–Crippen MR) is 83.6 cm³/mol. The highest BCUT2D eigenvalue weighted by Gasteiger charge is 2.27. The van der Waals surface area contributed by atoms with Crippen LogP contribution in [0.5, 0.6) is 0 Å². The number of methoxy groups -OCH3 is 1. The lowest BCUT2D eigenvalue weighted by molar-refractivity contribution is -0.146. The number of hydrogen-bond donors (Lipinski definition) is 1. The van der Waals surface area contributed by atoms with Gasteiger partial charge in [-0.2, -0.15) is 0 Å². The maximum Gasteiger partial charge on any atom is 0.340 e. The summed E-state index contributed by atoms with van der Waals surface area (Å²) >= 11 is 0. The number of H-pyrrole nitrogens is 1. The van der Waals surface area contributed by atoms with Crippen LogP contribution in [0.15, 0.2) is 24.4 Å². The van der Waals surface area contributed by atoms with Gasteiger partial charge in [-0.3, -0.25) is 0 Å². The number of likely N-dealkylation sites (tertiary alicyclic amines) is 1. The lowest BCUT2D eigenvalue weighted by Crippen LogP contribution is -2.27. The Bertz CT molecular complexity index is 701. The molecular weight excluding hydrogens is 302 g/mol. The first-order valence-corrected chi connectivity index (χ1v) is 7.79. The molecule has 0 radical (unpaired) electrons. The van der Waals surface area contributed by atoms with Crippen LogP contribution < -0.4 is 0 Å². The molecule has 2 unspecified atom stereocenters. The minimum absolute atomic E-state index is 0.151. The molecule has 1 aromatic carbocycles. The van der Waals surface area contributed by atoms with Crippen molar-refractivity contribution in [2.75, 3.05) is 26.7 Å². The number of aromatic amines is 1. The first-order chi connectivity index (χ1) is 11.1. The van der Waals surface area contributed by atoms with Crippen LogP contribution in [-0.2, 0) is 9.53 Å². The van der Waals surface area contributed by atoms with Gasteiger partial charge in [-0.1, -0.05) is 0 Å². The van der Waals surface area contributed by atoms with Gasteiger partial charge >= 0.3 is 5.97 Å². The van der Waals surface area contributed by atoms with Gasteiger partial charge in [0, 0.05) is 36.6 Å². The zero-order chi connectivity index (χ0) is 16.4. The molecule has 0 aliphatic carbocycles. The number of nitrogens with one attached hydrogen (secondary N) is 1. The highest BCUT2D eigenvalue weighted by atomic mass is 19.1. The van der Waals surface area contributed by atoms with Gasteiger partial charge < -0.3 is 14.6 Å². The third-order valence-corrected chi connectivity index (χ3v) is 4.54. The molecule has 1 aromatic heterocycles. The molecule has 0 saturated carbocycles. The summed E-state index contributed by atoms with van der Waals surface area (Å²) in [6, 6.07) is 4.76. The number of fused-ring (bicyclic) bond motifs is 1. The van der Waals surface area contributed by atoms with Crippen molar-refractivity contribution >= 4 is 16.9 Å². The number of halogens is 2. The Morgan fingerprint density at radius 2 is 2.35 bits per heavy atom. The molecular formula is C17H20F2N2O2. The number of carbonyl (C=O) groups excluding carboxylic acids is 1. The van der Waals surface area contributed by atoms with E-state index in [4.69, 9.17) is 0 Å². The fourth-order valence-electron chi connectivity index (χ4n) is 3.29. The molecule has 0 bridgehead atoms. The van der Waals surface area contributed by atoms with Crippen molar-refractivity contribution in [2.24, 2.45) is 0 Å². The molecule has 2 atom stereocenters. The summed E-state index contributed by atoms with van der Waals surface area (Å²) in [5, 5.41) is 1.04. The van der Waals surface area contributed by atoms with Gasteiger partial charge in [0.05, 0.1) is 7.11 Å². The van der Waals surface area contributed by atoms with Gasteiger partial charge in [0.15, 0.2) is 6.17 Å². The molecule has 0 amide bonds. The van der Waals surface area contributed by atoms with Crippen LogP contribution in [0.3, 0.4) is 0 Å². The van der Waals surface area contributed by atoms with E-state index < -0.39 is 12.1 Å². The van der Waals surface area contributed by atoms with Crippen LogP contribution in [-0.4, -0.2) is 48.8 Å². The number of benzene rings is 1. The summed E-state index contributed by atoms with van der Waals surface area (Å²) in [6.07, 6.45) is 1.50. The van der Waals surface area contributed by atoms with E-state index in [-0.39, 0.29) is 12.2 Å². The number of hydrogen-bond acceptors (Lipinski definition) is 3. The van der Waals surface area contributed by atoms with Crippen molar-refractivity contribution < 1.29 is 18.3 Å². The van der Waals surface area contributed by atoms with E-state index in [1.807, 2.05) is 6.20 Å². The van der Waals surface area contributed by atoms with Crippen LogP contribution in [0, 0.1) is 5.82 Å². The highest BCUT2D eigenvalue weighted by Crippen LogP contribution is 2.32. The maximum absolute atomic E-state index is 13.5. The van der Waals surface area contributed by atoms with Gasteiger partial charge in [0.25, 0.3) is 0 Å². The monoisotopic (exact) mass is 322 g/mol. The van der Waals surface area contributed by atoms with Crippen LogP contribution in [0.1, 0.15) is 24.3 Å². The average molecular weight is 322 g/mol. The van der Waals surface area contributed by atoms with Crippen molar-refractivity contribution in [1.29, 1.82) is 0 Å². The summed E-state index contributed by atoms with van der Waals surface area (Å²) in [5.41, 5.74) is 1.97. The average Bonchev–Trinajstić information content (AvgIpc) is 3.17. The zero-order valence-corrected chi connectivity index (χ0v) is 13.0. The molecule has 2 aromatic rings. The van der Waals surface area contributed by atoms with Crippen LogP contribution in [0.4, 0.5) is 8.78 Å². The Labute approximate surface area is 133 Å². The van der Waals surface area contributed by atoms with Gasteiger partial charge in [0.2, 0.25) is 0 Å². The molecule has 1 aliphatic heterocycles. The molecule has 6 heteroatoms. The molecule has 23 heavy (non-hydrogen) atoms. The smallest absolute Gasteiger partial charge is 0.340 e. The van der Waals surface area contributed by atoms with Crippen molar-refractivity contribution in [3.05, 3.63) is 35.8 Å². The molecule has 124 valence electrons. The Hall–Kier alpha value is -1.95. The predicted octanol–water partition coefficient (Wildman–Crippen LogP) is 3.00. The molecule has 1 fully saturated rings. The standard InChI is InChI=1S/C17H20F2N2O2/c1-23-17(22)15(19)5-7-21-6-4-11(10-21)14-9-20-16-8-12(18)2-3-13(14)16/h2-3,8-9,11,15,20H,4-7,10H2,1H3. The summed E-state index contributed by atoms with van der Waals surface area (Å²) in [4.78, 5) is 16.4. The molecule has 4 nitrogen and oxygen atoms in total. The van der Waals surface area contributed by atoms with Crippen LogP contribution in [0.25, 0.3) is 10.9 Å². The van der Waals surface area contributed by atoms with Gasteiger partial charge in [-0.25, -0.2) is 13.6 Å². The maximum atomic E-state index is 13.5. The normalized spacial score (nSPS) is 20.0. The summed E-state index contributed by atoms with van der Waals surface area (Å²) < 4.78 is 31.2. The van der Waals surface area contributed by atoms with E-state index in [1.165, 1.54) is 24.8 Å². The number of ether oxygens (including phenoxy) is 1. The summed E-state index contributed by atoms with van der Waals surface area (Å²) in [7, 11) is 1.20. The van der Waals surface area contributed by atoms with Gasteiger partial charge in [-0.05, 0) is 42.6 Å². The lowest BCUT2D eigenvalue weighted by atomic mass is 9.98. The SMILES string of the molecule is COC(=O)C(F)CCN1CCC(c2c[nH]c3cc(F)ccc23)C1. The molecule has 1 saturated heterocycles. The van der Waals surface area contributed by atoms with Crippen LogP contribution >= 0.6 is 0 Å². The van der Waals surface area contributed by atoms with Crippen molar-refractivity contribution in [1.82, 2.24) is 9.88 Å². The van der Waals surface area contributed by atoms with Crippen LogP contribution in [0.2, 0.25) is 0 Å². The molecule has 1 N–H and O–H groups in total. The number of esters is 1. The molecule has 3 rings (SSSR count). The zero-order valence-electron chi connectivity index (χ0n) is 13.0. The quantitative estimate of drug-likeness (QED) is 0.861. The van der Waals surface area contributed by atoms with Crippen molar-refractivity contribution in [2.45, 2.75) is 24.9 Å². The first kappa shape index (κ1) is 15.9. The fraction of sp³-hybridized carbons (Fsp3) is 0.471. The van der Waals surface area contributed by atoms with Crippen molar-refractivity contribution in [3.8, 4) is 0 Å². The van der Waals surface area contributed by atoms with E-state index >= 15 is 0 Å². The molecule has 2 heterocycles. The Morgan fingerprint density at radius 3 is 3.13 bits per heavy atom. The second-order valence-corrected chi connectivity index (χ2v) is 6.00. The van der Waals surface area contributed by atoms with E-state index in [2.05, 4.69) is 14.6 Å². The lowest BCUT2D eigenvalue weighted by Gasteiger charge is -2.16. The largest absolute Gasteiger partial charge is 0.467 e.